The fourth-order valence-corrected chi connectivity index (χ4v) is 4.61. The molecule has 0 bridgehead atoms. The van der Waals surface area contributed by atoms with Crippen molar-refractivity contribution in [3.63, 3.8) is 0 Å². The van der Waals surface area contributed by atoms with Gasteiger partial charge in [-0.05, 0) is 84.0 Å². The molecule has 1 aliphatic rings. The lowest BCUT2D eigenvalue weighted by atomic mass is 10.1. The van der Waals surface area contributed by atoms with Gasteiger partial charge in [0.25, 0.3) is 5.91 Å². The number of anilines is 1. The molecule has 1 heterocycles. The second-order valence-corrected chi connectivity index (χ2v) is 9.66. The van der Waals surface area contributed by atoms with Crippen LogP contribution in [0.5, 0.6) is 11.5 Å². The minimum Gasteiger partial charge on any atom is -0.493 e. The smallest absolute Gasteiger partial charge is 0.268 e. The predicted molar refractivity (Wildman–Crippen MR) is 138 cm³/mol. The Labute approximate surface area is 205 Å². The third-order valence-electron chi connectivity index (χ3n) is 5.83. The largest absolute Gasteiger partial charge is 0.493 e. The molecular weight excluding hydrogens is 449 g/mol. The van der Waals surface area contributed by atoms with Crippen molar-refractivity contribution in [3.8, 4) is 22.6 Å². The third-order valence-corrected chi connectivity index (χ3v) is 6.82. The van der Waals surface area contributed by atoms with Crippen LogP contribution in [0.15, 0.2) is 66.7 Å². The van der Waals surface area contributed by atoms with Crippen LogP contribution in [0.25, 0.3) is 11.1 Å². The summed E-state index contributed by atoms with van der Waals surface area (Å²) in [4.78, 5) is 14.8. The fraction of sp³-hybridized carbons (Fsp3) is 0.321. The van der Waals surface area contributed by atoms with Crippen molar-refractivity contribution >= 4 is 23.4 Å². The molecule has 4 nitrogen and oxygen atoms in total. The standard InChI is InChI=1S/C28H30FNO3S/c1-3-34-18-4-17-32-26-14-11-24(19-20(26)2)30-16-15-27(28(30)31)33-25-12-7-22(8-13-25)21-5-9-23(29)10-6-21/h5-14,19,27H,3-4,15-18H2,1-2H3. The van der Waals surface area contributed by atoms with Crippen molar-refractivity contribution in [1.29, 1.82) is 0 Å². The van der Waals surface area contributed by atoms with E-state index in [1.807, 2.05) is 61.2 Å². The number of halogens is 1. The number of amides is 1. The van der Waals surface area contributed by atoms with Crippen molar-refractivity contribution in [2.24, 2.45) is 0 Å². The first-order chi connectivity index (χ1) is 16.5. The van der Waals surface area contributed by atoms with E-state index in [0.29, 0.717) is 25.3 Å². The van der Waals surface area contributed by atoms with E-state index in [9.17, 15) is 9.18 Å². The topological polar surface area (TPSA) is 38.8 Å². The molecule has 3 aromatic rings. The number of carbonyl (C=O) groups excluding carboxylic acids is 1. The van der Waals surface area contributed by atoms with Gasteiger partial charge in [0.15, 0.2) is 6.10 Å². The zero-order chi connectivity index (χ0) is 23.9. The maximum absolute atomic E-state index is 13.2. The Kier molecular flexibility index (Phi) is 8.12. The second kappa shape index (κ2) is 11.4. The van der Waals surface area contributed by atoms with Crippen LogP contribution in [0.2, 0.25) is 0 Å². The molecule has 0 N–H and O–H groups in total. The van der Waals surface area contributed by atoms with Crippen molar-refractivity contribution in [2.45, 2.75) is 32.8 Å². The van der Waals surface area contributed by atoms with Gasteiger partial charge in [0.2, 0.25) is 0 Å². The lowest BCUT2D eigenvalue weighted by Crippen LogP contribution is -2.32. The zero-order valence-corrected chi connectivity index (χ0v) is 20.4. The lowest BCUT2D eigenvalue weighted by Gasteiger charge is -2.19. The van der Waals surface area contributed by atoms with Crippen LogP contribution >= 0.6 is 11.8 Å². The molecule has 1 unspecified atom stereocenters. The lowest BCUT2D eigenvalue weighted by molar-refractivity contribution is -0.122. The zero-order valence-electron chi connectivity index (χ0n) is 19.6. The molecule has 3 aromatic carbocycles. The maximum Gasteiger partial charge on any atom is 0.268 e. The normalized spacial score (nSPS) is 15.6. The van der Waals surface area contributed by atoms with Crippen LogP contribution < -0.4 is 14.4 Å². The summed E-state index contributed by atoms with van der Waals surface area (Å²) in [5.74, 6) is 3.45. The Morgan fingerprint density at radius 1 is 1.03 bits per heavy atom. The van der Waals surface area contributed by atoms with Gasteiger partial charge in [0, 0.05) is 18.7 Å². The first-order valence-corrected chi connectivity index (χ1v) is 12.9. The first-order valence-electron chi connectivity index (χ1n) is 11.7. The van der Waals surface area contributed by atoms with Crippen molar-refractivity contribution < 1.29 is 18.7 Å². The summed E-state index contributed by atoms with van der Waals surface area (Å²) in [6, 6.07) is 19.8. The van der Waals surface area contributed by atoms with Crippen LogP contribution in [0.1, 0.15) is 25.3 Å². The molecule has 0 spiro atoms. The Bertz CT molecular complexity index is 1100. The Hall–Kier alpha value is -2.99. The number of hydrogen-bond acceptors (Lipinski definition) is 4. The number of thioether (sulfide) groups is 1. The Balaban J connectivity index is 1.34. The summed E-state index contributed by atoms with van der Waals surface area (Å²) in [5, 5.41) is 0. The SMILES string of the molecule is CCSCCCOc1ccc(N2CCC(Oc3ccc(-c4ccc(F)cc4)cc3)C2=O)cc1C. The van der Waals surface area contributed by atoms with E-state index in [0.717, 1.165) is 46.1 Å². The molecule has 4 rings (SSSR count). The van der Waals surface area contributed by atoms with Gasteiger partial charge in [-0.25, -0.2) is 4.39 Å². The van der Waals surface area contributed by atoms with Gasteiger partial charge in [-0.15, -0.1) is 0 Å². The Morgan fingerprint density at radius 3 is 2.41 bits per heavy atom. The highest BCUT2D eigenvalue weighted by Crippen LogP contribution is 2.30. The van der Waals surface area contributed by atoms with Crippen LogP contribution in [-0.2, 0) is 4.79 Å². The van der Waals surface area contributed by atoms with Gasteiger partial charge in [-0.1, -0.05) is 31.2 Å². The molecule has 1 aliphatic heterocycles. The van der Waals surface area contributed by atoms with Gasteiger partial charge < -0.3 is 14.4 Å². The van der Waals surface area contributed by atoms with E-state index >= 15 is 0 Å². The molecule has 1 saturated heterocycles. The highest BCUT2D eigenvalue weighted by molar-refractivity contribution is 7.99. The molecule has 1 amide bonds. The molecule has 0 saturated carbocycles. The number of benzene rings is 3. The van der Waals surface area contributed by atoms with Gasteiger partial charge in [-0.2, -0.15) is 11.8 Å². The molecule has 0 radical (unpaired) electrons. The highest BCUT2D eigenvalue weighted by atomic mass is 32.2. The van der Waals surface area contributed by atoms with E-state index in [-0.39, 0.29) is 11.7 Å². The van der Waals surface area contributed by atoms with E-state index in [1.165, 1.54) is 12.1 Å². The average molecular weight is 480 g/mol. The van der Waals surface area contributed by atoms with E-state index in [4.69, 9.17) is 9.47 Å². The third kappa shape index (κ3) is 5.92. The van der Waals surface area contributed by atoms with E-state index in [2.05, 4.69) is 6.92 Å². The minimum absolute atomic E-state index is 0.0349. The highest BCUT2D eigenvalue weighted by Gasteiger charge is 2.34. The predicted octanol–water partition coefficient (Wildman–Crippen LogP) is 6.51. The quantitative estimate of drug-likeness (QED) is 0.311. The summed E-state index contributed by atoms with van der Waals surface area (Å²) < 4.78 is 25.1. The van der Waals surface area contributed by atoms with E-state index < -0.39 is 6.10 Å². The van der Waals surface area contributed by atoms with Crippen LogP contribution in [-0.4, -0.2) is 36.7 Å². The van der Waals surface area contributed by atoms with Crippen molar-refractivity contribution in [1.82, 2.24) is 0 Å². The summed E-state index contributed by atoms with van der Waals surface area (Å²) in [6.45, 7) is 5.49. The first kappa shape index (κ1) is 24.1. The molecule has 6 heteroatoms. The van der Waals surface area contributed by atoms with Crippen molar-refractivity contribution in [3.05, 3.63) is 78.1 Å². The summed E-state index contributed by atoms with van der Waals surface area (Å²) in [6.07, 6.45) is 1.14. The number of nitrogens with zero attached hydrogens (tertiary/aromatic N) is 1. The number of ether oxygens (including phenoxy) is 2. The molecule has 178 valence electrons. The van der Waals surface area contributed by atoms with Crippen molar-refractivity contribution in [2.75, 3.05) is 29.6 Å². The molecule has 34 heavy (non-hydrogen) atoms. The number of rotatable bonds is 10. The fourth-order valence-electron chi connectivity index (χ4n) is 4.00. The molecule has 0 aliphatic carbocycles. The molecule has 1 atom stereocenters. The van der Waals surface area contributed by atoms with Crippen LogP contribution in [0.4, 0.5) is 10.1 Å². The number of hydrogen-bond donors (Lipinski definition) is 0. The average Bonchev–Trinajstić information content (AvgIpc) is 3.20. The minimum atomic E-state index is -0.510. The monoisotopic (exact) mass is 479 g/mol. The maximum atomic E-state index is 13.2. The second-order valence-electron chi connectivity index (χ2n) is 8.27. The molecular formula is C28H30FNO3S. The van der Waals surface area contributed by atoms with Gasteiger partial charge >= 0.3 is 0 Å². The van der Waals surface area contributed by atoms with Crippen LogP contribution in [0.3, 0.4) is 0 Å². The Morgan fingerprint density at radius 2 is 1.74 bits per heavy atom. The van der Waals surface area contributed by atoms with Gasteiger partial charge in [0.05, 0.1) is 6.61 Å². The summed E-state index contributed by atoms with van der Waals surface area (Å²) >= 11 is 1.92. The summed E-state index contributed by atoms with van der Waals surface area (Å²) in [5.41, 5.74) is 3.79. The van der Waals surface area contributed by atoms with Gasteiger partial charge in [0.1, 0.15) is 17.3 Å². The number of carbonyl (C=O) groups is 1. The van der Waals surface area contributed by atoms with E-state index in [1.54, 1.807) is 17.0 Å². The number of aryl methyl sites for hydroxylation is 1. The molecule has 1 fully saturated rings. The molecule has 0 aromatic heterocycles. The van der Waals surface area contributed by atoms with Crippen LogP contribution in [0, 0.1) is 12.7 Å². The van der Waals surface area contributed by atoms with Gasteiger partial charge in [-0.3, -0.25) is 4.79 Å². The summed E-state index contributed by atoms with van der Waals surface area (Å²) in [7, 11) is 0.